The molecule has 1 N–H and O–H groups in total. The van der Waals surface area contributed by atoms with E-state index in [2.05, 4.69) is 29.9 Å². The molecule has 1 unspecified atom stereocenters. The fraction of sp³-hybridized carbons (Fsp3) is 0.500. The topological polar surface area (TPSA) is 143 Å². The van der Waals surface area contributed by atoms with E-state index in [1.165, 1.54) is 33.5 Å². The summed E-state index contributed by atoms with van der Waals surface area (Å²) in [5.74, 6) is 1.24. The van der Waals surface area contributed by atoms with Crippen molar-refractivity contribution >= 4 is 27.6 Å². The van der Waals surface area contributed by atoms with Crippen LogP contribution >= 0.6 is 11.6 Å². The van der Waals surface area contributed by atoms with Crippen molar-refractivity contribution in [3.8, 4) is 17.4 Å². The Morgan fingerprint density at radius 2 is 2.03 bits per heavy atom. The molecule has 3 aromatic rings. The van der Waals surface area contributed by atoms with Gasteiger partial charge in [-0.05, 0) is 25.8 Å². The molecule has 14 heteroatoms. The van der Waals surface area contributed by atoms with Gasteiger partial charge in [0.05, 0.1) is 18.7 Å². The average molecular weight is 538 g/mol. The van der Waals surface area contributed by atoms with Crippen LogP contribution in [0.3, 0.4) is 0 Å². The lowest BCUT2D eigenvalue weighted by Crippen LogP contribution is -2.34. The quantitative estimate of drug-likeness (QED) is 0.410. The fourth-order valence-electron chi connectivity index (χ4n) is 3.96. The smallest absolute Gasteiger partial charge is 0.240 e. The molecule has 1 fully saturated rings. The molecule has 3 atom stereocenters. The first-order valence-corrected chi connectivity index (χ1v) is 13.3. The third-order valence-electron chi connectivity index (χ3n) is 5.91. The van der Waals surface area contributed by atoms with Crippen molar-refractivity contribution in [3.05, 3.63) is 41.4 Å². The van der Waals surface area contributed by atoms with E-state index in [0.717, 1.165) is 12.8 Å². The monoisotopic (exact) mass is 537 g/mol. The summed E-state index contributed by atoms with van der Waals surface area (Å²) in [6.07, 6.45) is 3.69. The first kappa shape index (κ1) is 26.2. The molecule has 1 aliphatic heterocycles. The number of pyridine rings is 1. The molecule has 0 aromatic carbocycles. The van der Waals surface area contributed by atoms with Gasteiger partial charge in [0.2, 0.25) is 21.9 Å². The minimum absolute atomic E-state index is 0.0684. The first-order valence-electron chi connectivity index (χ1n) is 11.4. The molecular formula is C22H28ClN7O5S. The molecule has 1 aliphatic rings. The summed E-state index contributed by atoms with van der Waals surface area (Å²) in [5, 5.41) is 7.69. The average Bonchev–Trinajstić information content (AvgIpc) is 3.27. The number of anilines is 1. The normalized spacial score (nSPS) is 17.9. The summed E-state index contributed by atoms with van der Waals surface area (Å²) in [7, 11) is -1.10. The van der Waals surface area contributed by atoms with Crippen LogP contribution in [0.4, 0.5) is 5.95 Å². The second kappa shape index (κ2) is 11.5. The number of hydrogen-bond acceptors (Lipinski definition) is 10. The lowest BCUT2D eigenvalue weighted by molar-refractivity contribution is 0.0487. The van der Waals surface area contributed by atoms with Gasteiger partial charge in [-0.15, -0.1) is 10.2 Å². The second-order valence-corrected chi connectivity index (χ2v) is 10.8. The Morgan fingerprint density at radius 3 is 2.69 bits per heavy atom. The highest BCUT2D eigenvalue weighted by atomic mass is 35.5. The number of sulfonamides is 1. The van der Waals surface area contributed by atoms with Crippen molar-refractivity contribution in [1.29, 1.82) is 0 Å². The minimum Gasteiger partial charge on any atom is -0.481 e. The van der Waals surface area contributed by atoms with Crippen molar-refractivity contribution in [2.24, 2.45) is 5.92 Å². The lowest BCUT2D eigenvalue weighted by Gasteiger charge is -2.25. The largest absolute Gasteiger partial charge is 0.481 e. The number of nitrogens with zero attached hydrogens (tertiary/aromatic N) is 6. The standard InChI is InChI=1S/C22H28ClN7O5S/c1-14(19(34-3)20-24-10-16(23)11-25-20)36(31,32)29-22-28-27-21(17-7-4-8-18(26-17)33-2)30(22)12-15-6-5-9-35-13-15/h4,7-8,10-11,14-15,19H,5-6,9,12-13H2,1-3H3,(H,28,29)/t14-,15?,19-/m0/s1. The Labute approximate surface area is 214 Å². The highest BCUT2D eigenvalue weighted by Gasteiger charge is 2.34. The second-order valence-electron chi connectivity index (χ2n) is 8.37. The molecule has 0 bridgehead atoms. The summed E-state index contributed by atoms with van der Waals surface area (Å²) < 4.78 is 47.4. The molecule has 0 radical (unpaired) electrons. The van der Waals surface area contributed by atoms with Crippen molar-refractivity contribution in [2.45, 2.75) is 37.7 Å². The van der Waals surface area contributed by atoms with Gasteiger partial charge in [0, 0.05) is 44.6 Å². The molecular weight excluding hydrogens is 510 g/mol. The van der Waals surface area contributed by atoms with Gasteiger partial charge in [-0.2, -0.15) is 0 Å². The van der Waals surface area contributed by atoms with Crippen LogP contribution in [0.25, 0.3) is 11.5 Å². The van der Waals surface area contributed by atoms with Gasteiger partial charge < -0.3 is 14.2 Å². The maximum Gasteiger partial charge on any atom is 0.240 e. The van der Waals surface area contributed by atoms with Gasteiger partial charge in [0.1, 0.15) is 17.0 Å². The van der Waals surface area contributed by atoms with Crippen LogP contribution in [0.5, 0.6) is 5.88 Å². The summed E-state index contributed by atoms with van der Waals surface area (Å²) >= 11 is 5.87. The molecule has 4 rings (SSSR count). The van der Waals surface area contributed by atoms with Crippen LogP contribution in [0.1, 0.15) is 31.7 Å². The number of nitrogens with one attached hydrogen (secondary N) is 1. The van der Waals surface area contributed by atoms with E-state index in [1.807, 2.05) is 0 Å². The van der Waals surface area contributed by atoms with Gasteiger partial charge in [-0.1, -0.05) is 17.7 Å². The zero-order valence-corrected chi connectivity index (χ0v) is 21.7. The number of aromatic nitrogens is 6. The van der Waals surface area contributed by atoms with Gasteiger partial charge in [0.25, 0.3) is 0 Å². The third kappa shape index (κ3) is 5.91. The lowest BCUT2D eigenvalue weighted by atomic mass is 10.0. The van der Waals surface area contributed by atoms with Crippen molar-refractivity contribution in [3.63, 3.8) is 0 Å². The number of methoxy groups -OCH3 is 2. The van der Waals surface area contributed by atoms with Crippen LogP contribution in [0, 0.1) is 5.92 Å². The molecule has 3 aromatic heterocycles. The van der Waals surface area contributed by atoms with Gasteiger partial charge in [-0.3, -0.25) is 9.29 Å². The molecule has 194 valence electrons. The van der Waals surface area contributed by atoms with E-state index >= 15 is 0 Å². The van der Waals surface area contributed by atoms with Gasteiger partial charge >= 0.3 is 0 Å². The van der Waals surface area contributed by atoms with E-state index in [4.69, 9.17) is 25.8 Å². The molecule has 4 heterocycles. The van der Waals surface area contributed by atoms with Gasteiger partial charge in [0.15, 0.2) is 11.6 Å². The highest BCUT2D eigenvalue weighted by molar-refractivity contribution is 7.93. The minimum atomic E-state index is -4.02. The summed E-state index contributed by atoms with van der Waals surface area (Å²) in [6, 6.07) is 5.26. The van der Waals surface area contributed by atoms with E-state index in [1.54, 1.807) is 22.8 Å². The van der Waals surface area contributed by atoms with E-state index < -0.39 is 21.4 Å². The Kier molecular flexibility index (Phi) is 8.34. The zero-order valence-electron chi connectivity index (χ0n) is 20.2. The SMILES string of the molecule is COc1cccc(-c2nnc(NS(=O)(=O)[C@@H](C)[C@H](OC)c3ncc(Cl)cn3)n2CC2CCCOC2)n1. The molecule has 0 aliphatic carbocycles. The maximum absolute atomic E-state index is 13.4. The Morgan fingerprint density at radius 1 is 1.25 bits per heavy atom. The Balaban J connectivity index is 1.66. The zero-order chi connectivity index (χ0) is 25.7. The number of rotatable bonds is 10. The highest BCUT2D eigenvalue weighted by Crippen LogP contribution is 2.28. The third-order valence-corrected chi connectivity index (χ3v) is 7.79. The van der Waals surface area contributed by atoms with Crippen LogP contribution in [-0.2, 0) is 26.0 Å². The number of hydrogen-bond donors (Lipinski definition) is 1. The number of ether oxygens (including phenoxy) is 3. The first-order chi connectivity index (χ1) is 17.3. The molecule has 0 saturated carbocycles. The number of halogens is 1. The predicted molar refractivity (Wildman–Crippen MR) is 132 cm³/mol. The fourth-order valence-corrected chi connectivity index (χ4v) is 5.21. The van der Waals surface area contributed by atoms with E-state index in [9.17, 15) is 8.42 Å². The van der Waals surface area contributed by atoms with Crippen LogP contribution < -0.4 is 9.46 Å². The maximum atomic E-state index is 13.4. The Hall–Kier alpha value is -2.87. The molecule has 0 amide bonds. The van der Waals surface area contributed by atoms with Crippen molar-refractivity contribution in [1.82, 2.24) is 29.7 Å². The van der Waals surface area contributed by atoms with Gasteiger partial charge in [-0.25, -0.2) is 23.4 Å². The van der Waals surface area contributed by atoms with E-state index in [-0.39, 0.29) is 17.7 Å². The van der Waals surface area contributed by atoms with Crippen molar-refractivity contribution in [2.75, 3.05) is 32.2 Å². The predicted octanol–water partition coefficient (Wildman–Crippen LogP) is 2.74. The summed E-state index contributed by atoms with van der Waals surface area (Å²) in [4.78, 5) is 12.7. The van der Waals surface area contributed by atoms with E-state index in [0.29, 0.717) is 42.2 Å². The molecule has 12 nitrogen and oxygen atoms in total. The Bertz CT molecular complexity index is 1270. The van der Waals surface area contributed by atoms with Crippen LogP contribution in [0.15, 0.2) is 30.6 Å². The van der Waals surface area contributed by atoms with Crippen molar-refractivity contribution < 1.29 is 22.6 Å². The molecule has 36 heavy (non-hydrogen) atoms. The summed E-state index contributed by atoms with van der Waals surface area (Å²) in [6.45, 7) is 3.23. The molecule has 0 spiro atoms. The van der Waals surface area contributed by atoms with Crippen LogP contribution in [-0.4, -0.2) is 70.8 Å². The molecule has 1 saturated heterocycles. The van der Waals surface area contributed by atoms with Crippen LogP contribution in [0.2, 0.25) is 5.02 Å². The summed E-state index contributed by atoms with van der Waals surface area (Å²) in [5.41, 5.74) is 0.501.